The van der Waals surface area contributed by atoms with Gasteiger partial charge in [-0.05, 0) is 42.0 Å². The highest BCUT2D eigenvalue weighted by Crippen LogP contribution is 2.56. The molecule has 3 heterocycles. The van der Waals surface area contributed by atoms with E-state index in [2.05, 4.69) is 25.9 Å². The van der Waals surface area contributed by atoms with Crippen molar-refractivity contribution in [3.05, 3.63) is 66.0 Å². The number of amides is 2. The van der Waals surface area contributed by atoms with Gasteiger partial charge < -0.3 is 19.7 Å². The molecule has 1 aromatic heterocycles. The molecule has 2 fully saturated rings. The first-order valence-corrected chi connectivity index (χ1v) is 12.1. The molecule has 11 nitrogen and oxygen atoms in total. The summed E-state index contributed by atoms with van der Waals surface area (Å²) in [6.07, 6.45) is 0. The zero-order valence-corrected chi connectivity index (χ0v) is 20.6. The summed E-state index contributed by atoms with van der Waals surface area (Å²) in [4.78, 5) is 41.5. The average Bonchev–Trinajstić information content (AvgIpc) is 3.47. The van der Waals surface area contributed by atoms with Crippen molar-refractivity contribution in [1.29, 1.82) is 0 Å². The maximum atomic E-state index is 13.5. The molecule has 2 amide bonds. The molecule has 0 radical (unpaired) electrons. The molecule has 4 atom stereocenters. The van der Waals surface area contributed by atoms with Crippen LogP contribution in [0.25, 0.3) is 0 Å². The molecule has 12 heteroatoms. The highest BCUT2D eigenvalue weighted by molar-refractivity contribution is 8.01. The van der Waals surface area contributed by atoms with Crippen molar-refractivity contribution >= 4 is 29.5 Å². The van der Waals surface area contributed by atoms with E-state index in [0.29, 0.717) is 17.1 Å². The number of nitrogens with one attached hydrogen (secondary N) is 2. The number of carbonyl (C=O) groups is 3. The van der Waals surface area contributed by atoms with Crippen LogP contribution >= 0.6 is 11.8 Å². The summed E-state index contributed by atoms with van der Waals surface area (Å²) in [5, 5.41) is 16.5. The third-order valence-corrected chi connectivity index (χ3v) is 7.82. The SMILES string of the molecule is COc1cccc(OC(=O)C(C(=O)NC2C(=O)N3C2SC(C)(C)C3c2nnn[nH]2)c2ccccc2)c1. The smallest absolute Gasteiger partial charge is 0.328 e. The third kappa shape index (κ3) is 4.17. The Kier molecular flexibility index (Phi) is 6.12. The minimum atomic E-state index is -1.27. The standard InChI is InChI=1S/C24H24N6O5S/c1-24(2)18(19-26-28-29-27-19)30-21(32)17(22(30)36-24)25-20(31)16(13-8-5-4-6-9-13)23(33)35-15-11-7-10-14(12-15)34-3/h4-12,16-18,22H,1-3H3,(H,25,31)(H,26,27,28,29). The molecule has 0 spiro atoms. The average molecular weight is 509 g/mol. The highest BCUT2D eigenvalue weighted by Gasteiger charge is 2.63. The monoisotopic (exact) mass is 508 g/mol. The van der Waals surface area contributed by atoms with Crippen molar-refractivity contribution in [1.82, 2.24) is 30.8 Å². The number of nitrogens with zero attached hydrogens (tertiary/aromatic N) is 4. The van der Waals surface area contributed by atoms with Crippen molar-refractivity contribution in [3.63, 3.8) is 0 Å². The molecular formula is C24H24N6O5S. The summed E-state index contributed by atoms with van der Waals surface area (Å²) >= 11 is 1.55. The first-order valence-electron chi connectivity index (χ1n) is 11.2. The molecule has 2 aromatic carbocycles. The molecule has 2 aliphatic heterocycles. The van der Waals surface area contributed by atoms with Gasteiger partial charge in [-0.25, -0.2) is 5.10 Å². The fourth-order valence-electron chi connectivity index (χ4n) is 4.59. The van der Waals surface area contributed by atoms with Gasteiger partial charge in [0.05, 0.1) is 7.11 Å². The Morgan fingerprint density at radius 2 is 1.89 bits per heavy atom. The minimum absolute atomic E-state index is 0.246. The lowest BCUT2D eigenvalue weighted by Gasteiger charge is -2.44. The molecule has 36 heavy (non-hydrogen) atoms. The number of β-lactam (4-membered cyclic amide) rings is 1. The number of hydrogen-bond acceptors (Lipinski definition) is 9. The molecule has 4 unspecified atom stereocenters. The fourth-order valence-corrected chi connectivity index (χ4v) is 6.22. The second kappa shape index (κ2) is 9.26. The number of esters is 1. The Morgan fingerprint density at radius 1 is 1.14 bits per heavy atom. The Hall–Kier alpha value is -3.93. The lowest BCUT2D eigenvalue weighted by Crippen LogP contribution is -2.68. The second-order valence-electron chi connectivity index (χ2n) is 8.98. The summed E-state index contributed by atoms with van der Waals surface area (Å²) in [5.74, 6) is -1.67. The maximum absolute atomic E-state index is 13.5. The molecule has 0 bridgehead atoms. The van der Waals surface area contributed by atoms with Crippen molar-refractivity contribution in [2.45, 2.75) is 42.0 Å². The van der Waals surface area contributed by atoms with Gasteiger partial charge in [0.15, 0.2) is 11.7 Å². The molecule has 0 saturated carbocycles. The van der Waals surface area contributed by atoms with Gasteiger partial charge in [-0.15, -0.1) is 16.9 Å². The molecule has 186 valence electrons. The minimum Gasteiger partial charge on any atom is -0.497 e. The predicted octanol–water partition coefficient (Wildman–Crippen LogP) is 1.82. The van der Waals surface area contributed by atoms with Crippen molar-refractivity contribution < 1.29 is 23.9 Å². The van der Waals surface area contributed by atoms with Crippen LogP contribution in [0.3, 0.4) is 0 Å². The molecule has 3 aromatic rings. The van der Waals surface area contributed by atoms with Gasteiger partial charge in [-0.1, -0.05) is 36.4 Å². The lowest BCUT2D eigenvalue weighted by molar-refractivity contribution is -0.153. The summed E-state index contributed by atoms with van der Waals surface area (Å²) in [5.41, 5.74) is 0.455. The van der Waals surface area contributed by atoms with E-state index in [9.17, 15) is 14.4 Å². The van der Waals surface area contributed by atoms with E-state index >= 15 is 0 Å². The van der Waals surface area contributed by atoms with E-state index in [0.717, 1.165) is 0 Å². The van der Waals surface area contributed by atoms with E-state index in [1.54, 1.807) is 71.3 Å². The van der Waals surface area contributed by atoms with Gasteiger partial charge in [0.1, 0.15) is 29.0 Å². The van der Waals surface area contributed by atoms with Crippen LogP contribution in [0.1, 0.15) is 37.2 Å². The Morgan fingerprint density at radius 3 is 2.58 bits per heavy atom. The number of aromatic amines is 1. The Balaban J connectivity index is 1.36. The molecule has 2 aliphatic rings. The van der Waals surface area contributed by atoms with Crippen molar-refractivity contribution in [2.24, 2.45) is 0 Å². The molecule has 2 N–H and O–H groups in total. The van der Waals surface area contributed by atoms with Gasteiger partial charge in [0, 0.05) is 10.8 Å². The van der Waals surface area contributed by atoms with E-state index in [1.807, 2.05) is 13.8 Å². The van der Waals surface area contributed by atoms with Crippen LogP contribution < -0.4 is 14.8 Å². The number of fused-ring (bicyclic) bond motifs is 1. The van der Waals surface area contributed by atoms with Crippen molar-refractivity contribution in [3.8, 4) is 11.5 Å². The molecule has 0 aliphatic carbocycles. The van der Waals surface area contributed by atoms with Gasteiger partial charge in [-0.3, -0.25) is 14.4 Å². The summed E-state index contributed by atoms with van der Waals surface area (Å²) < 4.78 is 10.3. The first kappa shape index (κ1) is 23.8. The topological polar surface area (TPSA) is 139 Å². The Labute approximate surface area is 210 Å². The predicted molar refractivity (Wildman–Crippen MR) is 129 cm³/mol. The number of H-pyrrole nitrogens is 1. The number of aromatic nitrogens is 4. The van der Waals surface area contributed by atoms with Gasteiger partial charge in [0.25, 0.3) is 0 Å². The van der Waals surface area contributed by atoms with Crippen LogP contribution in [-0.4, -0.2) is 66.6 Å². The summed E-state index contributed by atoms with van der Waals surface area (Å²) in [7, 11) is 1.51. The largest absolute Gasteiger partial charge is 0.497 e. The van der Waals surface area contributed by atoms with Crippen LogP contribution in [0.15, 0.2) is 54.6 Å². The van der Waals surface area contributed by atoms with Gasteiger partial charge in [0.2, 0.25) is 11.8 Å². The highest BCUT2D eigenvalue weighted by atomic mass is 32.2. The number of tetrazole rings is 1. The number of thioether (sulfide) groups is 1. The van der Waals surface area contributed by atoms with Crippen LogP contribution in [0.5, 0.6) is 11.5 Å². The van der Waals surface area contributed by atoms with E-state index in [-0.39, 0.29) is 23.1 Å². The van der Waals surface area contributed by atoms with Gasteiger partial charge >= 0.3 is 5.97 Å². The van der Waals surface area contributed by atoms with Gasteiger partial charge in [-0.2, -0.15) is 0 Å². The summed E-state index contributed by atoms with van der Waals surface area (Å²) in [6, 6.07) is 14.0. The lowest BCUT2D eigenvalue weighted by atomic mass is 9.94. The molecule has 2 saturated heterocycles. The zero-order valence-electron chi connectivity index (χ0n) is 19.7. The maximum Gasteiger partial charge on any atom is 0.328 e. The van der Waals surface area contributed by atoms with E-state index in [4.69, 9.17) is 9.47 Å². The van der Waals surface area contributed by atoms with Crippen molar-refractivity contribution in [2.75, 3.05) is 7.11 Å². The summed E-state index contributed by atoms with van der Waals surface area (Å²) in [6.45, 7) is 3.99. The number of hydrogen-bond donors (Lipinski definition) is 2. The molecular weight excluding hydrogens is 484 g/mol. The fraction of sp³-hybridized carbons (Fsp3) is 0.333. The quantitative estimate of drug-likeness (QED) is 0.212. The van der Waals surface area contributed by atoms with Crippen LogP contribution in [0.4, 0.5) is 0 Å². The first-order chi connectivity index (χ1) is 17.3. The van der Waals surface area contributed by atoms with Crippen LogP contribution in [0.2, 0.25) is 0 Å². The number of rotatable bonds is 7. The Bertz CT molecular complexity index is 1290. The normalized spacial score (nSPS) is 22.8. The third-order valence-electron chi connectivity index (χ3n) is 6.25. The number of carbonyl (C=O) groups excluding carboxylic acids is 3. The second-order valence-corrected chi connectivity index (χ2v) is 10.7. The van der Waals surface area contributed by atoms with E-state index < -0.39 is 28.6 Å². The zero-order chi connectivity index (χ0) is 25.4. The van der Waals surface area contributed by atoms with E-state index in [1.165, 1.54) is 7.11 Å². The molecule has 5 rings (SSSR count). The van der Waals surface area contributed by atoms with Crippen LogP contribution in [-0.2, 0) is 14.4 Å². The number of ether oxygens (including phenoxy) is 2. The van der Waals surface area contributed by atoms with Crippen LogP contribution in [0, 0.1) is 0 Å². The number of methoxy groups -OCH3 is 1. The number of benzene rings is 2.